The second kappa shape index (κ2) is 5.89. The summed E-state index contributed by atoms with van der Waals surface area (Å²) in [5.41, 5.74) is -0.504. The minimum Gasteiger partial charge on any atom is -0.325 e. The van der Waals surface area contributed by atoms with Gasteiger partial charge in [-0.1, -0.05) is 6.07 Å². The van der Waals surface area contributed by atoms with Crippen molar-refractivity contribution < 1.29 is 13.2 Å². The Kier molecular flexibility index (Phi) is 4.30. The van der Waals surface area contributed by atoms with Crippen molar-refractivity contribution in [3.05, 3.63) is 24.3 Å². The molecule has 3 rings (SSSR count). The van der Waals surface area contributed by atoms with Gasteiger partial charge in [0.05, 0.1) is 10.3 Å². The van der Waals surface area contributed by atoms with Gasteiger partial charge in [-0.25, -0.2) is 8.42 Å². The fourth-order valence-electron chi connectivity index (χ4n) is 2.49. The number of aliphatic imine (C=N–C) groups is 1. The van der Waals surface area contributed by atoms with Gasteiger partial charge in [-0.15, -0.1) is 23.2 Å². The molecule has 1 atom stereocenters. The van der Waals surface area contributed by atoms with E-state index in [9.17, 15) is 13.2 Å². The molecule has 1 heterocycles. The SMILES string of the molecule is C[C@@]1(C(=O)Nc2cccc(S(=O)(=O)NC3=NCCC3)c2)CC1(Cl)Cl. The molecule has 24 heavy (non-hydrogen) atoms. The topological polar surface area (TPSA) is 87.6 Å². The van der Waals surface area contributed by atoms with Crippen LogP contribution in [0.4, 0.5) is 5.69 Å². The number of amides is 1. The summed E-state index contributed by atoms with van der Waals surface area (Å²) < 4.78 is 26.2. The number of carbonyl (C=O) groups excluding carboxylic acids is 1. The monoisotopic (exact) mass is 389 g/mol. The van der Waals surface area contributed by atoms with Crippen molar-refractivity contribution >= 4 is 50.7 Å². The number of nitrogens with zero attached hydrogens (tertiary/aromatic N) is 1. The zero-order chi connectivity index (χ0) is 17.6. The molecule has 1 saturated carbocycles. The highest BCUT2D eigenvalue weighted by molar-refractivity contribution is 7.90. The van der Waals surface area contributed by atoms with Gasteiger partial charge in [0.15, 0.2) is 0 Å². The van der Waals surface area contributed by atoms with E-state index in [1.54, 1.807) is 19.1 Å². The molecule has 1 aliphatic heterocycles. The Labute approximate surface area is 150 Å². The number of rotatable bonds is 4. The number of sulfonamides is 1. The molecule has 0 radical (unpaired) electrons. The lowest BCUT2D eigenvalue weighted by Crippen LogP contribution is -2.29. The lowest BCUT2D eigenvalue weighted by atomic mass is 10.1. The fourth-order valence-corrected chi connectivity index (χ4v) is 4.33. The number of amidine groups is 1. The van der Waals surface area contributed by atoms with Crippen molar-refractivity contribution in [1.29, 1.82) is 0 Å². The Bertz CT molecular complexity index is 823. The average Bonchev–Trinajstić information content (AvgIpc) is 2.86. The number of carbonyl (C=O) groups is 1. The summed E-state index contributed by atoms with van der Waals surface area (Å²) in [6.45, 7) is 2.30. The van der Waals surface area contributed by atoms with Gasteiger partial charge in [0.25, 0.3) is 10.0 Å². The standard InChI is InChI=1S/C15H17Cl2N3O3S/c1-14(9-15(14,16)17)13(21)19-10-4-2-5-11(8-10)24(22,23)20-12-6-3-7-18-12/h2,4-5,8H,3,6-7,9H2,1H3,(H,18,20)(H,19,21)/t14-/m0/s1. The maximum Gasteiger partial charge on any atom is 0.262 e. The maximum absolute atomic E-state index is 12.4. The van der Waals surface area contributed by atoms with Crippen LogP contribution in [-0.2, 0) is 14.8 Å². The number of hydrogen-bond donors (Lipinski definition) is 2. The van der Waals surface area contributed by atoms with Crippen LogP contribution in [0.5, 0.6) is 0 Å². The predicted octanol–water partition coefficient (Wildman–Crippen LogP) is 2.68. The number of nitrogens with one attached hydrogen (secondary N) is 2. The van der Waals surface area contributed by atoms with Gasteiger partial charge in [0.2, 0.25) is 5.91 Å². The van der Waals surface area contributed by atoms with Gasteiger partial charge in [-0.3, -0.25) is 14.5 Å². The highest BCUT2D eigenvalue weighted by atomic mass is 35.5. The maximum atomic E-state index is 12.4. The third-order valence-electron chi connectivity index (χ3n) is 4.29. The zero-order valence-corrected chi connectivity index (χ0v) is 15.3. The second-order valence-corrected chi connectivity index (χ2v) is 9.40. The Balaban J connectivity index is 1.76. The molecule has 0 saturated heterocycles. The molecule has 130 valence electrons. The smallest absolute Gasteiger partial charge is 0.262 e. The Hall–Kier alpha value is -1.31. The molecule has 0 unspecified atom stereocenters. The van der Waals surface area contributed by atoms with E-state index in [1.165, 1.54) is 12.1 Å². The van der Waals surface area contributed by atoms with Gasteiger partial charge in [-0.05, 0) is 38.0 Å². The van der Waals surface area contributed by atoms with Gasteiger partial charge < -0.3 is 5.32 Å². The van der Waals surface area contributed by atoms with E-state index in [4.69, 9.17) is 23.2 Å². The first-order chi connectivity index (χ1) is 11.1. The van der Waals surface area contributed by atoms with Crippen LogP contribution in [0, 0.1) is 5.41 Å². The molecular weight excluding hydrogens is 373 g/mol. The van der Waals surface area contributed by atoms with Gasteiger partial charge in [0, 0.05) is 18.7 Å². The molecular formula is C15H17Cl2N3O3S. The van der Waals surface area contributed by atoms with Crippen LogP contribution in [0.1, 0.15) is 26.2 Å². The summed E-state index contributed by atoms with van der Waals surface area (Å²) in [5, 5.41) is 2.68. The van der Waals surface area contributed by atoms with Crippen LogP contribution >= 0.6 is 23.2 Å². The van der Waals surface area contributed by atoms with Crippen molar-refractivity contribution in [1.82, 2.24) is 4.72 Å². The number of halogens is 2. The first-order valence-electron chi connectivity index (χ1n) is 7.50. The number of benzene rings is 1. The fraction of sp³-hybridized carbons (Fsp3) is 0.467. The molecule has 1 amide bonds. The van der Waals surface area contributed by atoms with Gasteiger partial charge in [0.1, 0.15) is 10.2 Å². The molecule has 1 aliphatic carbocycles. The van der Waals surface area contributed by atoms with Crippen LogP contribution in [-0.4, -0.2) is 31.0 Å². The summed E-state index contributed by atoms with van der Waals surface area (Å²) in [7, 11) is -3.73. The van der Waals surface area contributed by atoms with E-state index >= 15 is 0 Å². The number of anilines is 1. The van der Waals surface area contributed by atoms with E-state index in [-0.39, 0.29) is 10.8 Å². The first kappa shape index (κ1) is 17.5. The van der Waals surface area contributed by atoms with Crippen LogP contribution in [0.25, 0.3) is 0 Å². The first-order valence-corrected chi connectivity index (χ1v) is 9.73. The Morgan fingerprint density at radius 2 is 2.04 bits per heavy atom. The van der Waals surface area contributed by atoms with Crippen LogP contribution in [0.15, 0.2) is 34.2 Å². The minimum absolute atomic E-state index is 0.0545. The number of hydrogen-bond acceptors (Lipinski definition) is 4. The van der Waals surface area contributed by atoms with Crippen LogP contribution in [0.2, 0.25) is 0 Å². The molecule has 6 nitrogen and oxygen atoms in total. The van der Waals surface area contributed by atoms with E-state index in [2.05, 4.69) is 15.0 Å². The summed E-state index contributed by atoms with van der Waals surface area (Å²) >= 11 is 12.0. The van der Waals surface area contributed by atoms with Crippen molar-refractivity contribution in [3.8, 4) is 0 Å². The largest absolute Gasteiger partial charge is 0.325 e. The lowest BCUT2D eigenvalue weighted by molar-refractivity contribution is -0.120. The van der Waals surface area contributed by atoms with Gasteiger partial charge >= 0.3 is 0 Å². The van der Waals surface area contributed by atoms with Crippen molar-refractivity contribution in [2.45, 2.75) is 35.4 Å². The zero-order valence-electron chi connectivity index (χ0n) is 13.0. The summed E-state index contributed by atoms with van der Waals surface area (Å²) in [4.78, 5) is 16.4. The predicted molar refractivity (Wildman–Crippen MR) is 94.1 cm³/mol. The third kappa shape index (κ3) is 3.25. The molecule has 0 spiro atoms. The molecule has 1 aromatic carbocycles. The molecule has 0 aromatic heterocycles. The molecule has 1 aromatic rings. The average molecular weight is 390 g/mol. The van der Waals surface area contributed by atoms with Crippen LogP contribution < -0.4 is 10.0 Å². The molecule has 2 N–H and O–H groups in total. The second-order valence-electron chi connectivity index (χ2n) is 6.23. The highest BCUT2D eigenvalue weighted by Crippen LogP contribution is 2.64. The Morgan fingerprint density at radius 3 is 2.62 bits per heavy atom. The van der Waals surface area contributed by atoms with E-state index < -0.39 is 19.8 Å². The highest BCUT2D eigenvalue weighted by Gasteiger charge is 2.67. The van der Waals surface area contributed by atoms with Crippen molar-refractivity contribution in [2.75, 3.05) is 11.9 Å². The summed E-state index contributed by atoms with van der Waals surface area (Å²) in [6.07, 6.45) is 1.81. The van der Waals surface area contributed by atoms with E-state index in [0.717, 1.165) is 6.42 Å². The summed E-state index contributed by atoms with van der Waals surface area (Å²) in [5.74, 6) is 0.124. The van der Waals surface area contributed by atoms with E-state index in [1.807, 2.05) is 0 Å². The molecule has 9 heteroatoms. The molecule has 2 aliphatic rings. The third-order valence-corrected chi connectivity index (χ3v) is 6.77. The lowest BCUT2D eigenvalue weighted by Gasteiger charge is -2.14. The quantitative estimate of drug-likeness (QED) is 0.775. The normalized spacial score (nSPS) is 25.0. The number of alkyl halides is 2. The van der Waals surface area contributed by atoms with E-state index in [0.29, 0.717) is 30.9 Å². The van der Waals surface area contributed by atoms with Crippen molar-refractivity contribution in [3.63, 3.8) is 0 Å². The van der Waals surface area contributed by atoms with Crippen molar-refractivity contribution in [2.24, 2.45) is 10.4 Å². The molecule has 1 fully saturated rings. The van der Waals surface area contributed by atoms with Crippen LogP contribution in [0.3, 0.4) is 0 Å². The summed E-state index contributed by atoms with van der Waals surface area (Å²) in [6, 6.07) is 6.02. The van der Waals surface area contributed by atoms with Gasteiger partial charge in [-0.2, -0.15) is 0 Å². The molecule has 0 bridgehead atoms. The minimum atomic E-state index is -3.73. The Morgan fingerprint density at radius 1 is 1.33 bits per heavy atom.